The number of halogens is 3. The van der Waals surface area contributed by atoms with Gasteiger partial charge in [-0.15, -0.1) is 0 Å². The second-order valence-corrected chi connectivity index (χ2v) is 4.35. The van der Waals surface area contributed by atoms with Crippen molar-refractivity contribution < 1.29 is 13.2 Å². The molecule has 1 fully saturated rings. The van der Waals surface area contributed by atoms with E-state index in [1.54, 1.807) is 0 Å². The van der Waals surface area contributed by atoms with Crippen molar-refractivity contribution in [3.05, 3.63) is 29.6 Å². The Balaban J connectivity index is 2.41. The Labute approximate surface area is 95.7 Å². The first-order valence-electron chi connectivity index (χ1n) is 4.69. The summed E-state index contributed by atoms with van der Waals surface area (Å²) in [7, 11) is 0. The lowest BCUT2D eigenvalue weighted by Gasteiger charge is -2.15. The van der Waals surface area contributed by atoms with Crippen LogP contribution in [-0.2, 0) is 11.6 Å². The van der Waals surface area contributed by atoms with Gasteiger partial charge in [0.05, 0.1) is 10.6 Å². The number of hydrogen-bond acceptors (Lipinski definition) is 2. The van der Waals surface area contributed by atoms with E-state index in [0.29, 0.717) is 18.4 Å². The van der Waals surface area contributed by atoms with Crippen molar-refractivity contribution in [3.8, 4) is 0 Å². The Morgan fingerprint density at radius 1 is 1.38 bits per heavy atom. The molecule has 0 aliphatic heterocycles. The van der Waals surface area contributed by atoms with Crippen molar-refractivity contribution in [1.29, 1.82) is 0 Å². The van der Waals surface area contributed by atoms with Crippen LogP contribution in [-0.4, -0.2) is 9.97 Å². The summed E-state index contributed by atoms with van der Waals surface area (Å²) in [5.74, 6) is 0. The number of aromatic nitrogens is 1. The largest absolute Gasteiger partial charge is 0.417 e. The molecule has 6 heteroatoms. The van der Waals surface area contributed by atoms with Crippen LogP contribution in [0.25, 0.3) is 0 Å². The van der Waals surface area contributed by atoms with E-state index in [1.807, 2.05) is 0 Å². The van der Waals surface area contributed by atoms with Crippen LogP contribution in [0.4, 0.5) is 13.2 Å². The molecule has 1 aromatic heterocycles. The molecular weight excluding hydrogens is 237 g/mol. The van der Waals surface area contributed by atoms with E-state index in [2.05, 4.69) is 4.98 Å². The van der Waals surface area contributed by atoms with Gasteiger partial charge in [0.2, 0.25) is 0 Å². The summed E-state index contributed by atoms with van der Waals surface area (Å²) in [5, 5.41) is 0. The number of pyridine rings is 1. The summed E-state index contributed by atoms with van der Waals surface area (Å²) in [6.45, 7) is 0. The zero-order valence-corrected chi connectivity index (χ0v) is 9.03. The first-order valence-corrected chi connectivity index (χ1v) is 5.10. The van der Waals surface area contributed by atoms with Gasteiger partial charge < -0.3 is 5.73 Å². The molecule has 0 bridgehead atoms. The minimum absolute atomic E-state index is 0.244. The summed E-state index contributed by atoms with van der Waals surface area (Å²) in [5.41, 5.74) is 4.70. The van der Waals surface area contributed by atoms with Crippen molar-refractivity contribution >= 4 is 17.2 Å². The number of nitrogens with zero attached hydrogens (tertiary/aromatic N) is 1. The van der Waals surface area contributed by atoms with E-state index >= 15 is 0 Å². The first kappa shape index (κ1) is 11.3. The zero-order chi connectivity index (χ0) is 12.0. The Hall–Kier alpha value is -1.17. The second-order valence-electron chi connectivity index (χ2n) is 3.91. The highest BCUT2D eigenvalue weighted by molar-refractivity contribution is 7.80. The minimum atomic E-state index is -4.38. The van der Waals surface area contributed by atoms with Crippen LogP contribution < -0.4 is 5.73 Å². The normalized spacial score (nSPS) is 18.2. The van der Waals surface area contributed by atoms with Gasteiger partial charge in [-0.05, 0) is 24.5 Å². The first-order chi connectivity index (χ1) is 7.36. The van der Waals surface area contributed by atoms with Crippen LogP contribution >= 0.6 is 12.2 Å². The molecule has 0 unspecified atom stereocenters. The highest BCUT2D eigenvalue weighted by atomic mass is 32.1. The third-order valence-corrected chi connectivity index (χ3v) is 3.23. The number of rotatable bonds is 2. The van der Waals surface area contributed by atoms with Crippen molar-refractivity contribution in [2.45, 2.75) is 24.4 Å². The molecule has 1 aliphatic rings. The van der Waals surface area contributed by atoms with Crippen LogP contribution in [0.2, 0.25) is 0 Å². The highest BCUT2D eigenvalue weighted by Gasteiger charge is 2.48. The van der Waals surface area contributed by atoms with Gasteiger partial charge in [-0.25, -0.2) is 0 Å². The molecule has 0 spiro atoms. The van der Waals surface area contributed by atoms with Gasteiger partial charge in [0.1, 0.15) is 0 Å². The Morgan fingerprint density at radius 3 is 2.44 bits per heavy atom. The average molecular weight is 246 g/mol. The van der Waals surface area contributed by atoms with Crippen LogP contribution in [0.3, 0.4) is 0 Å². The van der Waals surface area contributed by atoms with Gasteiger partial charge in [-0.1, -0.05) is 12.2 Å². The monoisotopic (exact) mass is 246 g/mol. The zero-order valence-electron chi connectivity index (χ0n) is 8.21. The molecule has 1 heterocycles. The topological polar surface area (TPSA) is 38.9 Å². The van der Waals surface area contributed by atoms with Crippen LogP contribution in [0.15, 0.2) is 18.5 Å². The molecular formula is C10H9F3N2S. The molecule has 0 atom stereocenters. The van der Waals surface area contributed by atoms with Gasteiger partial charge >= 0.3 is 6.18 Å². The Kier molecular flexibility index (Phi) is 2.41. The molecule has 2 nitrogen and oxygen atoms in total. The molecule has 0 aromatic carbocycles. The van der Waals surface area contributed by atoms with Crippen molar-refractivity contribution in [3.63, 3.8) is 0 Å². The molecule has 1 aromatic rings. The molecule has 16 heavy (non-hydrogen) atoms. The summed E-state index contributed by atoms with van der Waals surface area (Å²) < 4.78 is 37.4. The lowest BCUT2D eigenvalue weighted by molar-refractivity contribution is -0.137. The van der Waals surface area contributed by atoms with Crippen LogP contribution in [0, 0.1) is 0 Å². The predicted octanol–water partition coefficient (Wildman–Crippen LogP) is 2.42. The van der Waals surface area contributed by atoms with Crippen molar-refractivity contribution in [2.75, 3.05) is 0 Å². The average Bonchev–Trinajstić information content (AvgIpc) is 2.97. The molecule has 0 saturated heterocycles. The van der Waals surface area contributed by atoms with Crippen LogP contribution in [0.1, 0.15) is 24.0 Å². The summed E-state index contributed by atoms with van der Waals surface area (Å²) in [6, 6.07) is 1.08. The fourth-order valence-electron chi connectivity index (χ4n) is 1.66. The summed E-state index contributed by atoms with van der Waals surface area (Å²) in [4.78, 5) is 3.85. The van der Waals surface area contributed by atoms with E-state index in [9.17, 15) is 13.2 Å². The van der Waals surface area contributed by atoms with Crippen LogP contribution in [0.5, 0.6) is 0 Å². The molecule has 1 saturated carbocycles. The fraction of sp³-hybridized carbons (Fsp3) is 0.400. The summed E-state index contributed by atoms with van der Waals surface area (Å²) in [6.07, 6.45) is -0.771. The van der Waals surface area contributed by atoms with Gasteiger partial charge in [0.25, 0.3) is 0 Å². The maximum absolute atomic E-state index is 12.5. The molecule has 2 rings (SSSR count). The minimum Gasteiger partial charge on any atom is -0.393 e. The standard InChI is InChI=1S/C10H9F3N2S/c11-10(12,13)7-3-6(4-15-5-7)9(1-2-9)8(14)16/h3-5H,1-2H2,(H2,14,16). The second kappa shape index (κ2) is 3.41. The molecule has 2 N–H and O–H groups in total. The van der Waals surface area contributed by atoms with E-state index in [0.717, 1.165) is 12.3 Å². The maximum Gasteiger partial charge on any atom is 0.417 e. The van der Waals surface area contributed by atoms with Crippen molar-refractivity contribution in [1.82, 2.24) is 4.98 Å². The van der Waals surface area contributed by atoms with E-state index in [-0.39, 0.29) is 4.99 Å². The lowest BCUT2D eigenvalue weighted by atomic mass is 9.96. The smallest absolute Gasteiger partial charge is 0.393 e. The van der Waals surface area contributed by atoms with Gasteiger partial charge in [-0.2, -0.15) is 13.2 Å². The number of nitrogens with two attached hydrogens (primary N) is 1. The summed E-state index contributed by atoms with van der Waals surface area (Å²) >= 11 is 4.88. The molecule has 0 radical (unpaired) electrons. The van der Waals surface area contributed by atoms with Gasteiger partial charge in [0.15, 0.2) is 0 Å². The predicted molar refractivity (Wildman–Crippen MR) is 56.9 cm³/mol. The molecule has 86 valence electrons. The third kappa shape index (κ3) is 1.77. The number of hydrogen-bond donors (Lipinski definition) is 1. The van der Waals surface area contributed by atoms with Gasteiger partial charge in [-0.3, -0.25) is 4.98 Å². The Morgan fingerprint density at radius 2 is 2.00 bits per heavy atom. The SMILES string of the molecule is NC(=S)C1(c2cncc(C(F)(F)F)c2)CC1. The fourth-order valence-corrected chi connectivity index (χ4v) is 1.98. The quantitative estimate of drug-likeness (QED) is 0.814. The van der Waals surface area contributed by atoms with E-state index in [1.165, 1.54) is 6.20 Å². The van der Waals surface area contributed by atoms with Gasteiger partial charge in [0, 0.05) is 17.8 Å². The maximum atomic E-state index is 12.5. The van der Waals surface area contributed by atoms with E-state index in [4.69, 9.17) is 18.0 Å². The van der Waals surface area contributed by atoms with Crippen molar-refractivity contribution in [2.24, 2.45) is 5.73 Å². The number of thiocarbonyl (C=S) groups is 1. The van der Waals surface area contributed by atoms with E-state index < -0.39 is 17.2 Å². The Bertz CT molecular complexity index is 438. The molecule has 1 aliphatic carbocycles. The lowest BCUT2D eigenvalue weighted by Crippen LogP contribution is -2.27. The number of alkyl halides is 3. The molecule has 0 amide bonds. The highest BCUT2D eigenvalue weighted by Crippen LogP contribution is 2.49. The third-order valence-electron chi connectivity index (χ3n) is 2.84.